The van der Waals surface area contributed by atoms with Crippen molar-refractivity contribution in [3.05, 3.63) is 29.8 Å². The van der Waals surface area contributed by atoms with Gasteiger partial charge in [-0.05, 0) is 11.6 Å². The van der Waals surface area contributed by atoms with E-state index in [0.717, 1.165) is 5.56 Å². The normalized spacial score (nSPS) is 22.8. The van der Waals surface area contributed by atoms with Crippen molar-refractivity contribution in [1.82, 2.24) is 0 Å². The van der Waals surface area contributed by atoms with E-state index in [2.05, 4.69) is 0 Å². The van der Waals surface area contributed by atoms with Crippen molar-refractivity contribution >= 4 is 28.1 Å². The lowest BCUT2D eigenvalue weighted by atomic mass is 10.1. The zero-order valence-electron chi connectivity index (χ0n) is 8.25. The molecule has 0 saturated carbocycles. The second-order valence-corrected chi connectivity index (χ2v) is 5.46. The van der Waals surface area contributed by atoms with Crippen LogP contribution in [0.5, 0.6) is 0 Å². The molecular formula is C9H13ClN2O2S. The lowest BCUT2D eigenvalue weighted by molar-refractivity contribution is 0.583. The van der Waals surface area contributed by atoms with Gasteiger partial charge in [0, 0.05) is 13.1 Å². The third-order valence-corrected chi connectivity index (χ3v) is 4.29. The SMILES string of the molecule is CN1c2ccccc2C(N)CS1(=O)=O.Cl. The van der Waals surface area contributed by atoms with Crippen LogP contribution in [0.4, 0.5) is 5.69 Å². The van der Waals surface area contributed by atoms with Crippen molar-refractivity contribution in [1.29, 1.82) is 0 Å². The molecule has 15 heavy (non-hydrogen) atoms. The Bertz CT molecular complexity index is 461. The minimum Gasteiger partial charge on any atom is -0.323 e. The number of benzene rings is 1. The Hall–Kier alpha value is -0.780. The highest BCUT2D eigenvalue weighted by molar-refractivity contribution is 7.92. The Balaban J connectivity index is 0.00000112. The van der Waals surface area contributed by atoms with E-state index in [0.29, 0.717) is 5.69 Å². The summed E-state index contributed by atoms with van der Waals surface area (Å²) in [4.78, 5) is 0. The van der Waals surface area contributed by atoms with E-state index in [1.54, 1.807) is 13.1 Å². The number of hydrogen-bond acceptors (Lipinski definition) is 3. The zero-order valence-corrected chi connectivity index (χ0v) is 9.88. The number of rotatable bonds is 0. The van der Waals surface area contributed by atoms with Crippen molar-refractivity contribution in [3.8, 4) is 0 Å². The van der Waals surface area contributed by atoms with Gasteiger partial charge in [-0.3, -0.25) is 4.31 Å². The molecule has 1 unspecified atom stereocenters. The lowest BCUT2D eigenvalue weighted by Gasteiger charge is -2.30. The second-order valence-electron chi connectivity index (χ2n) is 3.41. The van der Waals surface area contributed by atoms with Crippen molar-refractivity contribution in [3.63, 3.8) is 0 Å². The summed E-state index contributed by atoms with van der Waals surface area (Å²) in [5.74, 6) is -0.0134. The maximum absolute atomic E-state index is 11.6. The fourth-order valence-electron chi connectivity index (χ4n) is 1.67. The molecule has 0 saturated heterocycles. The predicted octanol–water partition coefficient (Wildman–Crippen LogP) is 0.888. The maximum atomic E-state index is 11.6. The van der Waals surface area contributed by atoms with Crippen LogP contribution in [-0.2, 0) is 10.0 Å². The quantitative estimate of drug-likeness (QED) is 0.742. The minimum atomic E-state index is -3.22. The number of nitrogens with zero attached hydrogens (tertiary/aromatic N) is 1. The van der Waals surface area contributed by atoms with Gasteiger partial charge < -0.3 is 5.73 Å². The minimum absolute atomic E-state index is 0. The summed E-state index contributed by atoms with van der Waals surface area (Å²) in [6.45, 7) is 0. The molecule has 0 fully saturated rings. The van der Waals surface area contributed by atoms with Crippen LogP contribution in [0.25, 0.3) is 0 Å². The zero-order chi connectivity index (χ0) is 10.3. The number of fused-ring (bicyclic) bond motifs is 1. The molecule has 0 spiro atoms. The largest absolute Gasteiger partial charge is 0.323 e. The summed E-state index contributed by atoms with van der Waals surface area (Å²) in [5, 5.41) is 0. The van der Waals surface area contributed by atoms with Crippen LogP contribution in [0.15, 0.2) is 24.3 Å². The molecule has 0 bridgehead atoms. The fourth-order valence-corrected chi connectivity index (χ4v) is 2.99. The number of anilines is 1. The number of hydrogen-bond donors (Lipinski definition) is 1. The van der Waals surface area contributed by atoms with E-state index in [1.165, 1.54) is 4.31 Å². The first-order chi connectivity index (χ1) is 6.52. The monoisotopic (exact) mass is 248 g/mol. The first-order valence-electron chi connectivity index (χ1n) is 4.33. The Morgan fingerprint density at radius 2 is 2.00 bits per heavy atom. The Morgan fingerprint density at radius 3 is 2.67 bits per heavy atom. The highest BCUT2D eigenvalue weighted by Crippen LogP contribution is 2.32. The summed E-state index contributed by atoms with van der Waals surface area (Å²) in [6, 6.07) is 6.90. The van der Waals surface area contributed by atoms with Crippen LogP contribution in [0.2, 0.25) is 0 Å². The molecule has 6 heteroatoms. The van der Waals surface area contributed by atoms with Gasteiger partial charge in [0.05, 0.1) is 11.4 Å². The van der Waals surface area contributed by atoms with Crippen LogP contribution < -0.4 is 10.0 Å². The molecule has 1 aliphatic rings. The number of sulfonamides is 1. The van der Waals surface area contributed by atoms with Gasteiger partial charge in [-0.15, -0.1) is 12.4 Å². The molecule has 2 rings (SSSR count). The molecule has 1 aromatic carbocycles. The third-order valence-electron chi connectivity index (χ3n) is 2.48. The van der Waals surface area contributed by atoms with Gasteiger partial charge in [0.15, 0.2) is 0 Å². The average Bonchev–Trinajstić information content (AvgIpc) is 2.14. The predicted molar refractivity (Wildman–Crippen MR) is 62.8 cm³/mol. The van der Waals surface area contributed by atoms with Crippen LogP contribution in [0, 0.1) is 0 Å². The van der Waals surface area contributed by atoms with E-state index in [1.807, 2.05) is 18.2 Å². The van der Waals surface area contributed by atoms with E-state index in [9.17, 15) is 8.42 Å². The van der Waals surface area contributed by atoms with Gasteiger partial charge in [-0.25, -0.2) is 8.42 Å². The summed E-state index contributed by atoms with van der Waals surface area (Å²) < 4.78 is 24.5. The van der Waals surface area contributed by atoms with Crippen LogP contribution in [0.3, 0.4) is 0 Å². The van der Waals surface area contributed by atoms with Crippen molar-refractivity contribution in [2.75, 3.05) is 17.1 Å². The van der Waals surface area contributed by atoms with E-state index >= 15 is 0 Å². The highest BCUT2D eigenvalue weighted by Gasteiger charge is 2.31. The summed E-state index contributed by atoms with van der Waals surface area (Å²) in [7, 11) is -1.66. The lowest BCUT2D eigenvalue weighted by Crippen LogP contribution is -2.39. The van der Waals surface area contributed by atoms with Gasteiger partial charge in [0.2, 0.25) is 10.0 Å². The summed E-state index contributed by atoms with van der Waals surface area (Å²) in [6.07, 6.45) is 0. The van der Waals surface area contributed by atoms with Crippen molar-refractivity contribution in [2.45, 2.75) is 6.04 Å². The van der Waals surface area contributed by atoms with Crippen molar-refractivity contribution in [2.24, 2.45) is 5.73 Å². The third kappa shape index (κ3) is 1.95. The molecule has 1 heterocycles. The van der Waals surface area contributed by atoms with Gasteiger partial charge in [0.1, 0.15) is 0 Å². The van der Waals surface area contributed by atoms with Gasteiger partial charge in [0.25, 0.3) is 0 Å². The molecule has 0 aliphatic carbocycles. The topological polar surface area (TPSA) is 63.4 Å². The Labute approximate surface area is 95.5 Å². The maximum Gasteiger partial charge on any atom is 0.236 e. The molecule has 0 amide bonds. The number of nitrogens with two attached hydrogens (primary N) is 1. The van der Waals surface area contributed by atoms with Gasteiger partial charge in [-0.2, -0.15) is 0 Å². The highest BCUT2D eigenvalue weighted by atomic mass is 35.5. The smallest absolute Gasteiger partial charge is 0.236 e. The molecule has 84 valence electrons. The molecule has 2 N–H and O–H groups in total. The Morgan fingerprint density at radius 1 is 1.40 bits per heavy atom. The second kappa shape index (κ2) is 4.00. The molecule has 1 aromatic rings. The Kier molecular flexibility index (Phi) is 3.28. The molecular weight excluding hydrogens is 236 g/mol. The van der Waals surface area contributed by atoms with E-state index < -0.39 is 16.1 Å². The van der Waals surface area contributed by atoms with Crippen LogP contribution >= 0.6 is 12.4 Å². The van der Waals surface area contributed by atoms with Crippen molar-refractivity contribution < 1.29 is 8.42 Å². The number of para-hydroxylation sites is 1. The molecule has 1 atom stereocenters. The first kappa shape index (κ1) is 12.3. The molecule has 0 radical (unpaired) electrons. The standard InChI is InChI=1S/C9H12N2O2S.ClH/c1-11-9-5-3-2-4-7(9)8(10)6-14(11,12)13;/h2-5,8H,6,10H2,1H3;1H. The molecule has 4 nitrogen and oxygen atoms in total. The summed E-state index contributed by atoms with van der Waals surface area (Å²) >= 11 is 0. The fraction of sp³-hybridized carbons (Fsp3) is 0.333. The van der Waals surface area contributed by atoms with Gasteiger partial charge in [-0.1, -0.05) is 18.2 Å². The van der Waals surface area contributed by atoms with E-state index in [-0.39, 0.29) is 18.2 Å². The summed E-state index contributed by atoms with van der Waals surface area (Å²) in [5.41, 5.74) is 7.36. The molecule has 1 aliphatic heterocycles. The molecule has 0 aromatic heterocycles. The average molecular weight is 249 g/mol. The van der Waals surface area contributed by atoms with Crippen LogP contribution in [0.1, 0.15) is 11.6 Å². The first-order valence-corrected chi connectivity index (χ1v) is 5.94. The van der Waals surface area contributed by atoms with Gasteiger partial charge >= 0.3 is 0 Å². The van der Waals surface area contributed by atoms with E-state index in [4.69, 9.17) is 5.73 Å². The van der Waals surface area contributed by atoms with Crippen LogP contribution in [-0.4, -0.2) is 21.2 Å². The number of halogens is 1.